The van der Waals surface area contributed by atoms with Gasteiger partial charge < -0.3 is 0 Å². The van der Waals surface area contributed by atoms with E-state index in [1.165, 1.54) is 10.4 Å². The van der Waals surface area contributed by atoms with E-state index < -0.39 is 0 Å². The van der Waals surface area contributed by atoms with Crippen LogP contribution >= 0.6 is 23.4 Å². The van der Waals surface area contributed by atoms with Crippen LogP contribution in [0.3, 0.4) is 0 Å². The van der Waals surface area contributed by atoms with Crippen molar-refractivity contribution in [3.8, 4) is 5.69 Å². The van der Waals surface area contributed by atoms with Crippen LogP contribution in [0.25, 0.3) is 5.69 Å². The highest BCUT2D eigenvalue weighted by atomic mass is 35.5. The van der Waals surface area contributed by atoms with Gasteiger partial charge in [0.2, 0.25) is 5.16 Å². The lowest BCUT2D eigenvalue weighted by Gasteiger charge is -1.98. The van der Waals surface area contributed by atoms with Crippen LogP contribution in [-0.4, -0.2) is 20.2 Å². The molecule has 0 radical (unpaired) electrons. The summed E-state index contributed by atoms with van der Waals surface area (Å²) in [7, 11) is 0. The van der Waals surface area contributed by atoms with Crippen LogP contribution in [0.4, 0.5) is 0 Å². The van der Waals surface area contributed by atoms with E-state index >= 15 is 0 Å². The van der Waals surface area contributed by atoms with Crippen molar-refractivity contribution < 1.29 is 0 Å². The van der Waals surface area contributed by atoms with Gasteiger partial charge in [-0.15, -0.1) is 15.0 Å². The van der Waals surface area contributed by atoms with Crippen LogP contribution in [0.1, 0.15) is 5.56 Å². The number of nitrogens with zero attached hydrogens (tertiary/aromatic N) is 4. The van der Waals surface area contributed by atoms with E-state index in [2.05, 4.69) is 27.5 Å². The van der Waals surface area contributed by atoms with Crippen molar-refractivity contribution >= 4 is 23.4 Å². The highest BCUT2D eigenvalue weighted by Gasteiger charge is 2.05. The second-order valence-electron chi connectivity index (χ2n) is 4.11. The number of hydrogen-bond donors (Lipinski definition) is 0. The van der Waals surface area contributed by atoms with Crippen molar-refractivity contribution in [2.24, 2.45) is 0 Å². The van der Waals surface area contributed by atoms with Crippen molar-refractivity contribution in [1.82, 2.24) is 20.2 Å². The summed E-state index contributed by atoms with van der Waals surface area (Å²) in [5, 5.41) is 13.8. The van der Waals surface area contributed by atoms with Gasteiger partial charge in [-0.2, -0.15) is 0 Å². The summed E-state index contributed by atoms with van der Waals surface area (Å²) in [4.78, 5) is 1.50. The smallest absolute Gasteiger partial charge is 0.130 e. The SMILES string of the molecule is Clc1ccc(-n2nnc(SCc3ccccc3)n2)cc1. The molecule has 20 heavy (non-hydrogen) atoms. The van der Waals surface area contributed by atoms with Crippen molar-refractivity contribution in [2.45, 2.75) is 10.9 Å². The van der Waals surface area contributed by atoms with Gasteiger partial charge in [0, 0.05) is 10.8 Å². The quantitative estimate of drug-likeness (QED) is 0.691. The number of aromatic nitrogens is 4. The number of hydrogen-bond acceptors (Lipinski definition) is 4. The Labute approximate surface area is 125 Å². The van der Waals surface area contributed by atoms with Gasteiger partial charge in [-0.1, -0.05) is 53.7 Å². The first kappa shape index (κ1) is 13.1. The highest BCUT2D eigenvalue weighted by Crippen LogP contribution is 2.19. The number of thioether (sulfide) groups is 1. The molecular weight excluding hydrogens is 292 g/mol. The molecule has 0 aliphatic carbocycles. The predicted octanol–water partition coefficient (Wildman–Crippen LogP) is 3.61. The summed E-state index contributed by atoms with van der Waals surface area (Å²) in [5.74, 6) is 0.827. The van der Waals surface area contributed by atoms with Gasteiger partial charge in [-0.05, 0) is 35.0 Å². The summed E-state index contributed by atoms with van der Waals surface area (Å²) < 4.78 is 0. The molecule has 0 aliphatic rings. The number of rotatable bonds is 4. The molecule has 3 aromatic rings. The average molecular weight is 303 g/mol. The lowest BCUT2D eigenvalue weighted by atomic mass is 10.2. The van der Waals surface area contributed by atoms with Crippen LogP contribution in [0.2, 0.25) is 5.02 Å². The fourth-order valence-corrected chi connectivity index (χ4v) is 2.51. The third-order valence-corrected chi connectivity index (χ3v) is 3.81. The van der Waals surface area contributed by atoms with Crippen molar-refractivity contribution in [1.29, 1.82) is 0 Å². The molecule has 0 aliphatic heterocycles. The minimum atomic E-state index is 0.656. The molecule has 0 fully saturated rings. The molecule has 0 amide bonds. The third-order valence-electron chi connectivity index (χ3n) is 2.66. The van der Waals surface area contributed by atoms with Gasteiger partial charge in [0.15, 0.2) is 0 Å². The zero-order chi connectivity index (χ0) is 13.8. The normalized spacial score (nSPS) is 10.7. The Hall–Kier alpha value is -1.85. The Morgan fingerprint density at radius 2 is 1.75 bits per heavy atom. The molecule has 1 heterocycles. The first-order chi connectivity index (χ1) is 9.81. The van der Waals surface area contributed by atoms with Crippen LogP contribution in [0, 0.1) is 0 Å². The van der Waals surface area contributed by atoms with E-state index in [0.29, 0.717) is 10.2 Å². The summed E-state index contributed by atoms with van der Waals surface area (Å²) in [6.45, 7) is 0. The van der Waals surface area contributed by atoms with E-state index in [1.807, 2.05) is 30.3 Å². The Balaban J connectivity index is 1.69. The lowest BCUT2D eigenvalue weighted by Crippen LogP contribution is -1.98. The number of benzene rings is 2. The zero-order valence-electron chi connectivity index (χ0n) is 10.5. The molecule has 0 atom stereocenters. The monoisotopic (exact) mass is 302 g/mol. The van der Waals surface area contributed by atoms with Gasteiger partial charge in [0.25, 0.3) is 0 Å². The standard InChI is InChI=1S/C14H11ClN4S/c15-12-6-8-13(9-7-12)19-17-14(16-18-19)20-10-11-4-2-1-3-5-11/h1-9H,10H2. The Kier molecular flexibility index (Phi) is 3.99. The molecule has 0 bridgehead atoms. The van der Waals surface area contributed by atoms with E-state index in [-0.39, 0.29) is 0 Å². The van der Waals surface area contributed by atoms with Crippen molar-refractivity contribution in [3.63, 3.8) is 0 Å². The number of tetrazole rings is 1. The maximum atomic E-state index is 5.85. The number of halogens is 1. The Morgan fingerprint density at radius 1 is 1.00 bits per heavy atom. The first-order valence-electron chi connectivity index (χ1n) is 6.04. The van der Waals surface area contributed by atoms with Gasteiger partial charge in [0.05, 0.1) is 5.69 Å². The molecule has 2 aromatic carbocycles. The Morgan fingerprint density at radius 3 is 2.50 bits per heavy atom. The molecule has 0 saturated carbocycles. The van der Waals surface area contributed by atoms with Crippen molar-refractivity contribution in [2.75, 3.05) is 0 Å². The maximum Gasteiger partial charge on any atom is 0.231 e. The molecule has 6 heteroatoms. The van der Waals surface area contributed by atoms with Gasteiger partial charge in [-0.3, -0.25) is 0 Å². The fourth-order valence-electron chi connectivity index (χ4n) is 1.67. The average Bonchev–Trinajstić information content (AvgIpc) is 2.96. The van der Waals surface area contributed by atoms with Gasteiger partial charge in [0.1, 0.15) is 0 Å². The topological polar surface area (TPSA) is 43.6 Å². The summed E-state index contributed by atoms with van der Waals surface area (Å²) in [6, 6.07) is 17.5. The zero-order valence-corrected chi connectivity index (χ0v) is 12.1. The molecule has 4 nitrogen and oxygen atoms in total. The molecule has 0 unspecified atom stereocenters. The molecule has 1 aromatic heterocycles. The molecule has 0 spiro atoms. The largest absolute Gasteiger partial charge is 0.231 e. The summed E-state index contributed by atoms with van der Waals surface area (Å²) in [5.41, 5.74) is 2.08. The minimum absolute atomic E-state index is 0.656. The summed E-state index contributed by atoms with van der Waals surface area (Å²) in [6.07, 6.45) is 0. The third kappa shape index (κ3) is 3.18. The van der Waals surface area contributed by atoms with Gasteiger partial charge in [-0.25, -0.2) is 0 Å². The molecule has 3 rings (SSSR count). The highest BCUT2D eigenvalue weighted by molar-refractivity contribution is 7.98. The molecule has 0 N–H and O–H groups in total. The molecule has 0 saturated heterocycles. The maximum absolute atomic E-state index is 5.85. The fraction of sp³-hybridized carbons (Fsp3) is 0.0714. The van der Waals surface area contributed by atoms with Crippen LogP contribution < -0.4 is 0 Å². The van der Waals surface area contributed by atoms with Crippen LogP contribution in [0.15, 0.2) is 59.8 Å². The van der Waals surface area contributed by atoms with E-state index in [4.69, 9.17) is 11.6 Å². The first-order valence-corrected chi connectivity index (χ1v) is 7.40. The van der Waals surface area contributed by atoms with Crippen LogP contribution in [0.5, 0.6) is 0 Å². The van der Waals surface area contributed by atoms with E-state index in [0.717, 1.165) is 11.4 Å². The van der Waals surface area contributed by atoms with E-state index in [9.17, 15) is 0 Å². The minimum Gasteiger partial charge on any atom is -0.130 e. The second kappa shape index (κ2) is 6.07. The molecular formula is C14H11ClN4S. The molecule has 100 valence electrons. The van der Waals surface area contributed by atoms with E-state index in [1.54, 1.807) is 23.9 Å². The van der Waals surface area contributed by atoms with Gasteiger partial charge >= 0.3 is 0 Å². The second-order valence-corrected chi connectivity index (χ2v) is 5.49. The summed E-state index contributed by atoms with van der Waals surface area (Å²) >= 11 is 7.41. The van der Waals surface area contributed by atoms with Crippen molar-refractivity contribution in [3.05, 3.63) is 65.2 Å². The Bertz CT molecular complexity index is 682. The predicted molar refractivity (Wildman–Crippen MR) is 80.2 cm³/mol. The van der Waals surface area contributed by atoms with Crippen LogP contribution in [-0.2, 0) is 5.75 Å². The lowest BCUT2D eigenvalue weighted by molar-refractivity contribution is 0.717.